The summed E-state index contributed by atoms with van der Waals surface area (Å²) in [4.78, 5) is 39.2. The number of para-hydroxylation sites is 1. The number of hydrogen-bond donors (Lipinski definition) is 2. The summed E-state index contributed by atoms with van der Waals surface area (Å²) in [5, 5.41) is 5.74. The van der Waals surface area contributed by atoms with Gasteiger partial charge in [-0.3, -0.25) is 14.4 Å². The lowest BCUT2D eigenvalue weighted by Gasteiger charge is -2.31. The van der Waals surface area contributed by atoms with E-state index in [0.717, 1.165) is 38.5 Å². The number of anilines is 1. The number of esters is 1. The highest BCUT2D eigenvalue weighted by Crippen LogP contribution is 2.25. The van der Waals surface area contributed by atoms with Crippen molar-refractivity contribution < 1.29 is 19.1 Å². The first-order valence-corrected chi connectivity index (χ1v) is 13.5. The van der Waals surface area contributed by atoms with Crippen LogP contribution in [0.1, 0.15) is 73.7 Å². The Hall–Kier alpha value is -3.26. The monoisotopic (exact) mass is 523 g/mol. The van der Waals surface area contributed by atoms with E-state index >= 15 is 0 Å². The first-order valence-electron chi connectivity index (χ1n) is 13.1. The number of carbonyl (C=O) groups excluding carboxylic acids is 3. The van der Waals surface area contributed by atoms with Crippen molar-refractivity contribution in [2.45, 2.75) is 70.3 Å². The number of hydrogen-bond acceptors (Lipinski definition) is 5. The molecule has 0 atom stereocenters. The minimum Gasteiger partial charge on any atom is -0.466 e. The van der Waals surface area contributed by atoms with Crippen molar-refractivity contribution in [2.24, 2.45) is 0 Å². The zero-order valence-electron chi connectivity index (χ0n) is 21.5. The van der Waals surface area contributed by atoms with E-state index in [2.05, 4.69) is 10.6 Å². The first kappa shape index (κ1) is 28.3. The molecule has 2 aromatic carbocycles. The summed E-state index contributed by atoms with van der Waals surface area (Å²) >= 11 is 5.30. The van der Waals surface area contributed by atoms with E-state index in [0.29, 0.717) is 24.3 Å². The molecule has 8 heteroatoms. The summed E-state index contributed by atoms with van der Waals surface area (Å²) < 4.78 is 5.26. The van der Waals surface area contributed by atoms with Crippen LogP contribution in [0.15, 0.2) is 54.6 Å². The molecule has 0 heterocycles. The average Bonchev–Trinajstić information content (AvgIpc) is 2.91. The second kappa shape index (κ2) is 15.1. The van der Waals surface area contributed by atoms with Crippen molar-refractivity contribution in [3.05, 3.63) is 65.7 Å². The lowest BCUT2D eigenvalue weighted by molar-refractivity contribution is -0.143. The van der Waals surface area contributed by atoms with E-state index in [4.69, 9.17) is 17.0 Å². The van der Waals surface area contributed by atoms with Crippen molar-refractivity contribution in [1.29, 1.82) is 0 Å². The molecule has 1 aliphatic rings. The van der Waals surface area contributed by atoms with Crippen LogP contribution in [-0.2, 0) is 20.7 Å². The van der Waals surface area contributed by atoms with Crippen molar-refractivity contribution >= 4 is 40.8 Å². The summed E-state index contributed by atoms with van der Waals surface area (Å²) in [6.45, 7) is 0.363. The molecule has 1 saturated carbocycles. The van der Waals surface area contributed by atoms with E-state index in [1.54, 1.807) is 12.1 Å². The fraction of sp³-hybridized carbons (Fsp3) is 0.448. The quantitative estimate of drug-likeness (QED) is 0.238. The zero-order chi connectivity index (χ0) is 26.5. The maximum Gasteiger partial charge on any atom is 0.305 e. The molecule has 0 spiro atoms. The van der Waals surface area contributed by atoms with Crippen LogP contribution in [0.5, 0.6) is 0 Å². The van der Waals surface area contributed by atoms with Gasteiger partial charge in [0, 0.05) is 25.9 Å². The van der Waals surface area contributed by atoms with Crippen LogP contribution in [0.2, 0.25) is 0 Å². The van der Waals surface area contributed by atoms with Crippen LogP contribution in [0.4, 0.5) is 5.69 Å². The molecule has 1 fully saturated rings. The van der Waals surface area contributed by atoms with Crippen LogP contribution in [0.25, 0.3) is 0 Å². The number of aryl methyl sites for hydroxylation is 1. The van der Waals surface area contributed by atoms with Crippen molar-refractivity contribution in [1.82, 2.24) is 10.2 Å². The molecule has 2 amide bonds. The lowest BCUT2D eigenvalue weighted by Crippen LogP contribution is -2.39. The van der Waals surface area contributed by atoms with Crippen LogP contribution in [-0.4, -0.2) is 47.5 Å². The number of amides is 2. The lowest BCUT2D eigenvalue weighted by atomic mass is 9.94. The van der Waals surface area contributed by atoms with Gasteiger partial charge >= 0.3 is 5.97 Å². The number of nitrogens with zero attached hydrogens (tertiary/aromatic N) is 1. The average molecular weight is 524 g/mol. The molecule has 7 nitrogen and oxygen atoms in total. The van der Waals surface area contributed by atoms with E-state index in [9.17, 15) is 14.4 Å². The molecule has 0 bridgehead atoms. The third-order valence-corrected chi connectivity index (χ3v) is 6.81. The number of benzene rings is 2. The fourth-order valence-corrected chi connectivity index (χ4v) is 4.74. The van der Waals surface area contributed by atoms with Gasteiger partial charge in [0.15, 0.2) is 5.11 Å². The third-order valence-electron chi connectivity index (χ3n) is 6.60. The Morgan fingerprint density at radius 1 is 0.946 bits per heavy atom. The van der Waals surface area contributed by atoms with Gasteiger partial charge in [-0.1, -0.05) is 61.7 Å². The smallest absolute Gasteiger partial charge is 0.305 e. The van der Waals surface area contributed by atoms with Crippen LogP contribution in [0, 0.1) is 0 Å². The van der Waals surface area contributed by atoms with Crippen molar-refractivity contribution in [3.63, 3.8) is 0 Å². The largest absolute Gasteiger partial charge is 0.466 e. The van der Waals surface area contributed by atoms with Gasteiger partial charge in [-0.25, -0.2) is 0 Å². The molecular weight excluding hydrogens is 486 g/mol. The first-order chi connectivity index (χ1) is 17.9. The molecule has 37 heavy (non-hydrogen) atoms. The number of thiocarbonyl (C=S) groups is 1. The van der Waals surface area contributed by atoms with Gasteiger partial charge in [0.25, 0.3) is 5.91 Å². The highest BCUT2D eigenvalue weighted by molar-refractivity contribution is 7.80. The SMILES string of the molecule is CN(C(=O)c1ccccc1NC(=S)NC(=O)CCCC(=O)OCCCc1ccccc1)C1CCCCC1. The van der Waals surface area contributed by atoms with Gasteiger partial charge in [0.1, 0.15) is 0 Å². The Balaban J connectivity index is 1.36. The van der Waals surface area contributed by atoms with Crippen LogP contribution >= 0.6 is 12.2 Å². The number of rotatable bonds is 11. The van der Waals surface area contributed by atoms with E-state index in [1.165, 1.54) is 12.0 Å². The van der Waals surface area contributed by atoms with Gasteiger partial charge in [0.2, 0.25) is 5.91 Å². The van der Waals surface area contributed by atoms with E-state index in [1.807, 2.05) is 54.4 Å². The minimum atomic E-state index is -0.309. The Kier molecular flexibility index (Phi) is 11.6. The van der Waals surface area contributed by atoms with Crippen molar-refractivity contribution in [2.75, 3.05) is 19.0 Å². The Labute approximate surface area is 225 Å². The highest BCUT2D eigenvalue weighted by atomic mass is 32.1. The minimum absolute atomic E-state index is 0.0635. The molecule has 0 aliphatic heterocycles. The summed E-state index contributed by atoms with van der Waals surface area (Å²) in [5.74, 6) is -0.667. The van der Waals surface area contributed by atoms with Gasteiger partial charge < -0.3 is 20.3 Å². The molecule has 2 N–H and O–H groups in total. The Morgan fingerprint density at radius 2 is 1.65 bits per heavy atom. The van der Waals surface area contributed by atoms with Crippen LogP contribution in [0.3, 0.4) is 0 Å². The Morgan fingerprint density at radius 3 is 2.41 bits per heavy atom. The molecule has 3 rings (SSSR count). The zero-order valence-corrected chi connectivity index (χ0v) is 22.4. The fourth-order valence-electron chi connectivity index (χ4n) is 4.52. The second-order valence-corrected chi connectivity index (χ2v) is 9.83. The maximum atomic E-state index is 13.2. The topological polar surface area (TPSA) is 87.7 Å². The normalized spacial score (nSPS) is 13.4. The predicted octanol–water partition coefficient (Wildman–Crippen LogP) is 5.25. The number of ether oxygens (including phenoxy) is 1. The van der Waals surface area contributed by atoms with Crippen molar-refractivity contribution in [3.8, 4) is 0 Å². The molecule has 1 aliphatic carbocycles. The molecule has 2 aromatic rings. The number of nitrogens with one attached hydrogen (secondary N) is 2. The predicted molar refractivity (Wildman–Crippen MR) is 149 cm³/mol. The molecule has 0 radical (unpaired) electrons. The molecule has 0 aromatic heterocycles. The summed E-state index contributed by atoms with van der Waals surface area (Å²) in [5.41, 5.74) is 2.28. The van der Waals surface area contributed by atoms with Crippen LogP contribution < -0.4 is 10.6 Å². The molecule has 0 unspecified atom stereocenters. The number of carbonyl (C=O) groups is 3. The third kappa shape index (κ3) is 9.61. The molecular formula is C29H37N3O4S. The Bertz CT molecular complexity index is 1050. The van der Waals surface area contributed by atoms with E-state index < -0.39 is 0 Å². The highest BCUT2D eigenvalue weighted by Gasteiger charge is 2.24. The summed E-state index contributed by atoms with van der Waals surface area (Å²) in [6.07, 6.45) is 7.85. The molecule has 0 saturated heterocycles. The summed E-state index contributed by atoms with van der Waals surface area (Å²) in [6, 6.07) is 17.5. The van der Waals surface area contributed by atoms with Gasteiger partial charge in [-0.2, -0.15) is 0 Å². The van der Waals surface area contributed by atoms with Gasteiger partial charge in [-0.15, -0.1) is 0 Å². The molecule has 198 valence electrons. The second-order valence-electron chi connectivity index (χ2n) is 9.42. The van der Waals surface area contributed by atoms with E-state index in [-0.39, 0.29) is 41.8 Å². The van der Waals surface area contributed by atoms with Gasteiger partial charge in [0.05, 0.1) is 17.9 Å². The standard InChI is InChI=1S/C29H37N3O4S/c1-32(23-15-6-3-7-16-23)28(35)24-17-8-9-18-25(24)30-29(37)31-26(33)19-10-20-27(34)36-21-11-14-22-12-4-2-5-13-22/h2,4-5,8-9,12-13,17-18,23H,3,6-7,10-11,14-16,19-21H2,1H3,(H2,30,31,33,37). The summed E-state index contributed by atoms with van der Waals surface area (Å²) in [7, 11) is 1.85. The maximum absolute atomic E-state index is 13.2. The van der Waals surface area contributed by atoms with Gasteiger partial charge in [-0.05, 0) is 62.0 Å².